The summed E-state index contributed by atoms with van der Waals surface area (Å²) in [4.78, 5) is 0. The molecule has 4 rings (SSSR count). The van der Waals surface area contributed by atoms with Crippen LogP contribution in [-0.4, -0.2) is 29.6 Å². The zero-order valence-electron chi connectivity index (χ0n) is 20.9. The minimum atomic E-state index is -3.81. The second-order valence-electron chi connectivity index (χ2n) is 11.7. The molecule has 0 spiro atoms. The van der Waals surface area contributed by atoms with E-state index in [0.717, 1.165) is 31.9 Å². The molecule has 6 heteroatoms. The van der Waals surface area contributed by atoms with Crippen molar-refractivity contribution in [3.8, 4) is 0 Å². The maximum absolute atomic E-state index is 16.8. The van der Waals surface area contributed by atoms with E-state index in [1.807, 2.05) is 6.08 Å². The molecule has 2 nitrogen and oxygen atoms in total. The minimum absolute atomic E-state index is 0. The van der Waals surface area contributed by atoms with Crippen LogP contribution in [-0.2, 0) is 24.2 Å². The molecule has 0 heterocycles. The molecule has 0 saturated heterocycles. The molecule has 0 aliphatic heterocycles. The fraction of sp³-hybridized carbons (Fsp3) is 0.690. The number of hydrogen-bond donors (Lipinski definition) is 1. The Bertz CT molecular complexity index is 969. The number of hydrogen-bond acceptors (Lipinski definition) is 2. The topological polar surface area (TPSA) is 29.5 Å². The van der Waals surface area contributed by atoms with Crippen molar-refractivity contribution in [3.05, 3.63) is 55.8 Å². The van der Waals surface area contributed by atoms with E-state index in [9.17, 15) is 13.9 Å². The van der Waals surface area contributed by atoms with Crippen LogP contribution in [0, 0.1) is 40.9 Å². The normalized spacial score (nSPS) is 46.5. The van der Waals surface area contributed by atoms with Crippen molar-refractivity contribution in [1.82, 2.24) is 0 Å². The van der Waals surface area contributed by atoms with Crippen LogP contribution in [0.4, 0.5) is 13.2 Å². The predicted molar refractivity (Wildman–Crippen MR) is 128 cm³/mol. The van der Waals surface area contributed by atoms with E-state index in [0.29, 0.717) is 12.8 Å². The Kier molecular flexibility index (Phi) is 7.40. The van der Waals surface area contributed by atoms with Crippen LogP contribution < -0.4 is 0 Å². The zero-order chi connectivity index (χ0) is 25.2. The molecule has 4 aliphatic carbocycles. The molecule has 35 heavy (non-hydrogen) atoms. The van der Waals surface area contributed by atoms with E-state index in [2.05, 4.69) is 55.9 Å². The number of alkyl halides is 3. The first-order chi connectivity index (χ1) is 15.8. The number of allylic oxidation sites excluding steroid dienone is 3. The van der Waals surface area contributed by atoms with Crippen molar-refractivity contribution in [1.29, 1.82) is 0 Å². The molecular weight excluding hydrogens is 540 g/mol. The third-order valence-electron chi connectivity index (χ3n) is 10.6. The van der Waals surface area contributed by atoms with Gasteiger partial charge < -0.3 is 9.84 Å². The van der Waals surface area contributed by atoms with Gasteiger partial charge in [-0.15, -0.1) is 11.5 Å². The average molecular weight is 579 g/mol. The number of ether oxygens (including phenoxy) is 1. The van der Waals surface area contributed by atoms with Crippen LogP contribution in [0.5, 0.6) is 0 Å². The first-order valence-electron chi connectivity index (χ1n) is 12.4. The Morgan fingerprint density at radius 3 is 2.26 bits per heavy atom. The summed E-state index contributed by atoms with van der Waals surface area (Å²) in [5, 5.41) is 10.8. The van der Waals surface area contributed by atoms with Gasteiger partial charge in [0.2, 0.25) is 0 Å². The van der Waals surface area contributed by atoms with Gasteiger partial charge in [-0.3, -0.25) is 0 Å². The molecule has 0 aromatic rings. The second-order valence-corrected chi connectivity index (χ2v) is 11.7. The molecule has 4 aliphatic rings. The summed E-state index contributed by atoms with van der Waals surface area (Å²) in [5.74, 6) is -0.200. The van der Waals surface area contributed by atoms with Crippen LogP contribution in [0.1, 0.15) is 64.7 Å². The molecule has 0 unspecified atom stereocenters. The van der Waals surface area contributed by atoms with Gasteiger partial charge in [-0.05, 0) is 80.8 Å². The Hall–Kier alpha value is -1.02. The van der Waals surface area contributed by atoms with E-state index >= 15 is 4.39 Å². The molecule has 0 aromatic heterocycles. The Morgan fingerprint density at radius 2 is 1.69 bits per heavy atom. The van der Waals surface area contributed by atoms with E-state index in [1.165, 1.54) is 0 Å². The first kappa shape index (κ1) is 28.6. The maximum atomic E-state index is 16.8. The summed E-state index contributed by atoms with van der Waals surface area (Å²) in [6.07, 6.45) is 3.55. The standard InChI is InChI=1S/C29H38F3O2.Rh/c1-7-12-25-18-17-24(5)21(20(3)4)9-14-26(24,13-8-2)22(25)10-15-27(30)19-28(33,16-11-23(25)27)29(31,32)34-6;/h12-13,21-23,33H,1-4,9-11,14-19H2,5-6H3;/q-1;/t21-,22-,23-,24-,25+,26+,27-,28-;/m1./s1. The molecule has 1 radical (unpaired) electrons. The molecule has 0 aromatic carbocycles. The average Bonchev–Trinajstić information content (AvgIpc) is 3.06. The first-order valence-corrected chi connectivity index (χ1v) is 12.4. The van der Waals surface area contributed by atoms with E-state index in [1.54, 1.807) is 0 Å². The largest absolute Gasteiger partial charge is 0.384 e. The zero-order valence-corrected chi connectivity index (χ0v) is 22.5. The van der Waals surface area contributed by atoms with Crippen molar-refractivity contribution in [2.75, 3.05) is 7.11 Å². The Balaban J connectivity index is 0.00000342. The minimum Gasteiger partial charge on any atom is -0.381 e. The molecule has 8 atom stereocenters. The smallest absolute Gasteiger partial charge is 0.381 e. The predicted octanol–water partition coefficient (Wildman–Crippen LogP) is 7.13. The third-order valence-corrected chi connectivity index (χ3v) is 10.6. The van der Waals surface area contributed by atoms with Crippen LogP contribution in [0.15, 0.2) is 48.9 Å². The van der Waals surface area contributed by atoms with Crippen molar-refractivity contribution in [3.63, 3.8) is 0 Å². The fourth-order valence-electron chi connectivity index (χ4n) is 9.18. The van der Waals surface area contributed by atoms with Crippen molar-refractivity contribution in [2.24, 2.45) is 34.0 Å². The molecule has 4 fully saturated rings. The summed E-state index contributed by atoms with van der Waals surface area (Å²) < 4.78 is 50.2. The summed E-state index contributed by atoms with van der Waals surface area (Å²) in [6.45, 7) is 18.4. The number of methoxy groups -OCH3 is 1. The van der Waals surface area contributed by atoms with Gasteiger partial charge in [-0.25, -0.2) is 23.5 Å². The summed E-state index contributed by atoms with van der Waals surface area (Å²) in [6, 6.07) is 0. The van der Waals surface area contributed by atoms with Gasteiger partial charge in [-0.1, -0.05) is 20.1 Å². The van der Waals surface area contributed by atoms with Gasteiger partial charge in [0.1, 0.15) is 5.67 Å². The van der Waals surface area contributed by atoms with E-state index < -0.39 is 35.1 Å². The van der Waals surface area contributed by atoms with Crippen molar-refractivity contribution >= 4 is 0 Å². The molecule has 0 amide bonds. The van der Waals surface area contributed by atoms with Crippen molar-refractivity contribution in [2.45, 2.75) is 82.1 Å². The van der Waals surface area contributed by atoms with Gasteiger partial charge in [0.15, 0.2) is 5.60 Å². The van der Waals surface area contributed by atoms with Gasteiger partial charge in [0.25, 0.3) is 0 Å². The molecular formula is C29H38F3O2Rh-. The van der Waals surface area contributed by atoms with E-state index in [-0.39, 0.29) is 61.4 Å². The number of halogens is 3. The molecule has 1 N–H and O–H groups in total. The van der Waals surface area contributed by atoms with Gasteiger partial charge >= 0.3 is 6.11 Å². The van der Waals surface area contributed by atoms with Gasteiger partial charge in [0, 0.05) is 49.8 Å². The SMILES string of the molecule is C=C=C[C@]12CC[C@]3(C)[C@@H](C(=C)[CH2-])CC[C@@]3(C=C=C)[C@@H]1CC[C@@]1(F)C[C@@](O)(C(F)(F)OC)CC[C@@H]12.[Rh]. The van der Waals surface area contributed by atoms with Gasteiger partial charge in [0.05, 0.1) is 0 Å². The number of aliphatic hydroxyl groups is 1. The summed E-state index contributed by atoms with van der Waals surface area (Å²) in [5.41, 5.74) is 1.52. The monoisotopic (exact) mass is 578 g/mol. The van der Waals surface area contributed by atoms with E-state index in [4.69, 9.17) is 0 Å². The Morgan fingerprint density at radius 1 is 1.06 bits per heavy atom. The summed E-state index contributed by atoms with van der Waals surface area (Å²) >= 11 is 0. The Labute approximate surface area is 221 Å². The van der Waals surface area contributed by atoms with Crippen LogP contribution in [0.25, 0.3) is 0 Å². The molecule has 197 valence electrons. The molecule has 4 saturated carbocycles. The third kappa shape index (κ3) is 3.66. The fourth-order valence-corrected chi connectivity index (χ4v) is 9.18. The quantitative estimate of drug-likeness (QED) is 0.214. The van der Waals surface area contributed by atoms with Crippen LogP contribution in [0.2, 0.25) is 0 Å². The number of fused-ring (bicyclic) bond motifs is 5. The maximum Gasteiger partial charge on any atom is 0.384 e. The van der Waals surface area contributed by atoms with Crippen LogP contribution >= 0.6 is 0 Å². The van der Waals surface area contributed by atoms with Gasteiger partial charge in [-0.2, -0.15) is 8.78 Å². The second kappa shape index (κ2) is 9.07. The van der Waals surface area contributed by atoms with Crippen molar-refractivity contribution < 1.29 is 42.5 Å². The summed E-state index contributed by atoms with van der Waals surface area (Å²) in [7, 11) is 0.855. The number of rotatable bonds is 5. The molecule has 0 bridgehead atoms. The van der Waals surface area contributed by atoms with Crippen LogP contribution in [0.3, 0.4) is 0 Å².